The fourth-order valence-corrected chi connectivity index (χ4v) is 0.624. The largest absolute Gasteiger partial charge is 0.469 e. The molecule has 0 fully saturated rings. The highest BCUT2D eigenvalue weighted by atomic mass is 16.5. The highest BCUT2D eigenvalue weighted by Gasteiger charge is 2.16. The summed E-state index contributed by atoms with van der Waals surface area (Å²) in [7, 11) is 2.52. The molecule has 0 aliphatic carbocycles. The van der Waals surface area contributed by atoms with Crippen molar-refractivity contribution in [2.75, 3.05) is 14.2 Å². The van der Waals surface area contributed by atoms with Gasteiger partial charge in [0, 0.05) is 5.71 Å². The summed E-state index contributed by atoms with van der Waals surface area (Å²) in [5.41, 5.74) is 2.56. The number of esters is 1. The number of carbonyl (C=O) groups is 2. The third-order valence-corrected chi connectivity index (χ3v) is 1.69. The molecule has 0 radical (unpaired) electrons. The average Bonchev–Trinajstić information content (AvgIpc) is 2.22. The number of amides is 1. The van der Waals surface area contributed by atoms with Crippen LogP contribution in [0.25, 0.3) is 0 Å². The van der Waals surface area contributed by atoms with Gasteiger partial charge in [0.15, 0.2) is 0 Å². The van der Waals surface area contributed by atoms with Crippen molar-refractivity contribution in [3.63, 3.8) is 0 Å². The molecule has 0 heterocycles. The molecule has 0 aromatic rings. The van der Waals surface area contributed by atoms with E-state index >= 15 is 0 Å². The van der Waals surface area contributed by atoms with Gasteiger partial charge in [-0.15, -0.1) is 0 Å². The lowest BCUT2D eigenvalue weighted by atomic mass is 10.1. The van der Waals surface area contributed by atoms with Crippen molar-refractivity contribution in [3.05, 3.63) is 0 Å². The molecule has 1 amide bonds. The van der Waals surface area contributed by atoms with Crippen LogP contribution in [0.15, 0.2) is 5.10 Å². The molecular weight excluding hydrogens is 188 g/mol. The Morgan fingerprint density at radius 2 is 1.86 bits per heavy atom. The van der Waals surface area contributed by atoms with E-state index in [0.717, 1.165) is 0 Å². The molecular formula is C8H14N2O4. The molecule has 6 heteroatoms. The number of nitrogens with zero attached hydrogens (tertiary/aromatic N) is 1. The quantitative estimate of drug-likeness (QED) is 0.411. The Morgan fingerprint density at radius 3 is 2.29 bits per heavy atom. The van der Waals surface area contributed by atoms with Crippen molar-refractivity contribution in [2.45, 2.75) is 13.8 Å². The number of hydrogen-bond donors (Lipinski definition) is 1. The number of carbonyl (C=O) groups excluding carboxylic acids is 2. The predicted octanol–water partition coefficient (Wildman–Crippen LogP) is 0.527. The molecule has 0 aromatic heterocycles. The zero-order valence-electron chi connectivity index (χ0n) is 8.66. The van der Waals surface area contributed by atoms with E-state index in [9.17, 15) is 9.59 Å². The number of hydrazone groups is 1. The van der Waals surface area contributed by atoms with E-state index < -0.39 is 18.0 Å². The molecule has 80 valence electrons. The van der Waals surface area contributed by atoms with Crippen LogP contribution in [0.2, 0.25) is 0 Å². The van der Waals surface area contributed by atoms with Gasteiger partial charge in [0.25, 0.3) is 0 Å². The van der Waals surface area contributed by atoms with Crippen molar-refractivity contribution in [2.24, 2.45) is 11.0 Å². The summed E-state index contributed by atoms with van der Waals surface area (Å²) in [5, 5.41) is 3.66. The molecule has 14 heavy (non-hydrogen) atoms. The minimum Gasteiger partial charge on any atom is -0.469 e. The molecule has 0 saturated carbocycles. The Balaban J connectivity index is 4.23. The summed E-state index contributed by atoms with van der Waals surface area (Å²) in [6.07, 6.45) is -0.679. The molecule has 0 spiro atoms. The molecule has 1 unspecified atom stereocenters. The standard InChI is InChI=1S/C8H14N2O4/c1-5(7(11)13-3)6(2)9-10-8(12)14-4/h5H,1-4H3,(H,10,12). The van der Waals surface area contributed by atoms with Crippen LogP contribution >= 0.6 is 0 Å². The van der Waals surface area contributed by atoms with Gasteiger partial charge >= 0.3 is 12.1 Å². The van der Waals surface area contributed by atoms with E-state index in [-0.39, 0.29) is 0 Å². The first kappa shape index (κ1) is 12.4. The van der Waals surface area contributed by atoms with Crippen LogP contribution in [0.1, 0.15) is 13.8 Å². The van der Waals surface area contributed by atoms with E-state index in [1.165, 1.54) is 14.2 Å². The number of nitrogens with one attached hydrogen (secondary N) is 1. The molecule has 6 nitrogen and oxygen atoms in total. The van der Waals surface area contributed by atoms with E-state index in [1.807, 2.05) is 0 Å². The SMILES string of the molecule is COC(=O)NN=C(C)C(C)C(=O)OC. The predicted molar refractivity (Wildman–Crippen MR) is 49.8 cm³/mol. The average molecular weight is 202 g/mol. The lowest BCUT2D eigenvalue weighted by molar-refractivity contribution is -0.142. The molecule has 0 aliphatic rings. The van der Waals surface area contributed by atoms with Crippen molar-refractivity contribution in [1.29, 1.82) is 0 Å². The zero-order valence-corrected chi connectivity index (χ0v) is 8.66. The highest BCUT2D eigenvalue weighted by molar-refractivity contribution is 6.00. The molecule has 0 rings (SSSR count). The second kappa shape index (κ2) is 5.95. The molecule has 0 aliphatic heterocycles. The minimum absolute atomic E-state index is 0.405. The number of ether oxygens (including phenoxy) is 2. The van der Waals surface area contributed by atoms with Crippen molar-refractivity contribution >= 4 is 17.8 Å². The van der Waals surface area contributed by atoms with Gasteiger partial charge in [0.1, 0.15) is 0 Å². The molecule has 1 atom stereocenters. The maximum Gasteiger partial charge on any atom is 0.427 e. The molecule has 0 saturated heterocycles. The summed E-state index contributed by atoms with van der Waals surface area (Å²) < 4.78 is 8.80. The van der Waals surface area contributed by atoms with Crippen LogP contribution < -0.4 is 5.43 Å². The first-order valence-electron chi connectivity index (χ1n) is 3.98. The number of methoxy groups -OCH3 is 2. The lowest BCUT2D eigenvalue weighted by Crippen LogP contribution is -2.25. The summed E-state index contributed by atoms with van der Waals surface area (Å²) >= 11 is 0. The van der Waals surface area contributed by atoms with Crippen molar-refractivity contribution in [3.8, 4) is 0 Å². The fraction of sp³-hybridized carbons (Fsp3) is 0.625. The van der Waals surface area contributed by atoms with Crippen LogP contribution in [0.3, 0.4) is 0 Å². The Morgan fingerprint density at radius 1 is 1.29 bits per heavy atom. The number of hydrogen-bond acceptors (Lipinski definition) is 5. The minimum atomic E-state index is -0.679. The van der Waals surface area contributed by atoms with Gasteiger partial charge < -0.3 is 9.47 Å². The van der Waals surface area contributed by atoms with E-state index in [1.54, 1.807) is 13.8 Å². The fourth-order valence-electron chi connectivity index (χ4n) is 0.624. The van der Waals surface area contributed by atoms with Crippen molar-refractivity contribution in [1.82, 2.24) is 5.43 Å². The topological polar surface area (TPSA) is 77.0 Å². The monoisotopic (exact) mass is 202 g/mol. The number of rotatable bonds is 3. The van der Waals surface area contributed by atoms with Gasteiger partial charge in [-0.05, 0) is 13.8 Å². The third-order valence-electron chi connectivity index (χ3n) is 1.69. The van der Waals surface area contributed by atoms with E-state index in [0.29, 0.717) is 5.71 Å². The highest BCUT2D eigenvalue weighted by Crippen LogP contribution is 2.00. The van der Waals surface area contributed by atoms with Crippen LogP contribution in [0.5, 0.6) is 0 Å². The smallest absolute Gasteiger partial charge is 0.427 e. The van der Waals surface area contributed by atoms with E-state index in [2.05, 4.69) is 20.0 Å². The molecule has 0 bridgehead atoms. The third kappa shape index (κ3) is 3.88. The van der Waals surface area contributed by atoms with E-state index in [4.69, 9.17) is 0 Å². The van der Waals surface area contributed by atoms with Gasteiger partial charge in [-0.2, -0.15) is 5.10 Å². The summed E-state index contributed by atoms with van der Waals surface area (Å²) in [4.78, 5) is 21.6. The lowest BCUT2D eigenvalue weighted by Gasteiger charge is -2.08. The molecule has 0 aromatic carbocycles. The second-order valence-corrected chi connectivity index (χ2v) is 2.60. The second-order valence-electron chi connectivity index (χ2n) is 2.60. The maximum absolute atomic E-state index is 11.0. The maximum atomic E-state index is 11.0. The first-order chi connectivity index (χ1) is 6.52. The van der Waals surface area contributed by atoms with Gasteiger partial charge in [-0.3, -0.25) is 4.79 Å². The van der Waals surface area contributed by atoms with Gasteiger partial charge in [-0.25, -0.2) is 10.2 Å². The van der Waals surface area contributed by atoms with Crippen LogP contribution in [0, 0.1) is 5.92 Å². The summed E-state index contributed by atoms with van der Waals surface area (Å²) in [5.74, 6) is -0.893. The molecule has 1 N–H and O–H groups in total. The Hall–Kier alpha value is -1.59. The first-order valence-corrected chi connectivity index (χ1v) is 3.98. The van der Waals surface area contributed by atoms with Crippen LogP contribution in [-0.4, -0.2) is 32.0 Å². The Labute approximate surface area is 82.3 Å². The van der Waals surface area contributed by atoms with Crippen LogP contribution in [-0.2, 0) is 14.3 Å². The summed E-state index contributed by atoms with van der Waals surface area (Å²) in [6.45, 7) is 3.24. The van der Waals surface area contributed by atoms with Crippen LogP contribution in [0.4, 0.5) is 4.79 Å². The Bertz CT molecular complexity index is 250. The van der Waals surface area contributed by atoms with Crippen molar-refractivity contribution < 1.29 is 19.1 Å². The van der Waals surface area contributed by atoms with Gasteiger partial charge in [0.05, 0.1) is 20.1 Å². The van der Waals surface area contributed by atoms with Gasteiger partial charge in [-0.1, -0.05) is 0 Å². The van der Waals surface area contributed by atoms with Gasteiger partial charge in [0.2, 0.25) is 0 Å². The Kier molecular flexibility index (Phi) is 5.28. The normalized spacial score (nSPS) is 13.0. The zero-order chi connectivity index (χ0) is 11.1. The summed E-state index contributed by atoms with van der Waals surface area (Å²) in [6, 6.07) is 0.